The van der Waals surface area contributed by atoms with E-state index in [1.807, 2.05) is 13.8 Å². The van der Waals surface area contributed by atoms with Gasteiger partial charge in [-0.25, -0.2) is 0 Å². The molecule has 0 fully saturated rings. The third-order valence-corrected chi connectivity index (χ3v) is 2.51. The Morgan fingerprint density at radius 3 is 2.41 bits per heavy atom. The molecule has 0 bridgehead atoms. The second-order valence-electron chi connectivity index (χ2n) is 4.70. The van der Waals surface area contributed by atoms with Crippen LogP contribution in [0.3, 0.4) is 0 Å². The van der Waals surface area contributed by atoms with Crippen molar-refractivity contribution in [3.05, 3.63) is 0 Å². The van der Waals surface area contributed by atoms with Crippen LogP contribution in [0, 0.1) is 0 Å². The Bertz CT molecular complexity index is 195. The lowest BCUT2D eigenvalue weighted by atomic mass is 10.2. The van der Waals surface area contributed by atoms with Crippen molar-refractivity contribution in [1.29, 1.82) is 0 Å². The molecule has 0 saturated heterocycles. The van der Waals surface area contributed by atoms with E-state index in [4.69, 9.17) is 9.84 Å². The van der Waals surface area contributed by atoms with E-state index in [9.17, 15) is 4.79 Å². The first-order valence-corrected chi connectivity index (χ1v) is 6.64. The van der Waals surface area contributed by atoms with E-state index >= 15 is 0 Å². The lowest BCUT2D eigenvalue weighted by Crippen LogP contribution is -2.44. The average Bonchev–Trinajstić information content (AvgIpc) is 2.25. The average molecular weight is 245 g/mol. The molecule has 0 aliphatic rings. The van der Waals surface area contributed by atoms with Crippen molar-refractivity contribution in [3.8, 4) is 0 Å². The molecule has 0 spiro atoms. The predicted octanol–water partition coefficient (Wildman–Crippen LogP) is 2.42. The number of hydrogen-bond donors (Lipinski definition) is 2. The van der Waals surface area contributed by atoms with E-state index in [-0.39, 0.29) is 12.6 Å². The molecule has 0 rings (SSSR count). The molecule has 0 amide bonds. The van der Waals surface area contributed by atoms with Crippen LogP contribution in [-0.2, 0) is 9.53 Å². The van der Waals surface area contributed by atoms with Gasteiger partial charge in [0, 0.05) is 12.6 Å². The van der Waals surface area contributed by atoms with E-state index < -0.39 is 12.0 Å². The molecule has 0 aliphatic heterocycles. The smallest absolute Gasteiger partial charge is 0.323 e. The molecule has 4 heteroatoms. The van der Waals surface area contributed by atoms with Gasteiger partial charge in [-0.3, -0.25) is 4.79 Å². The minimum absolute atomic E-state index is 0.157. The van der Waals surface area contributed by atoms with Crippen LogP contribution in [-0.4, -0.2) is 36.4 Å². The largest absolute Gasteiger partial charge is 0.480 e. The molecule has 4 nitrogen and oxygen atoms in total. The summed E-state index contributed by atoms with van der Waals surface area (Å²) < 4.78 is 5.39. The van der Waals surface area contributed by atoms with Gasteiger partial charge in [-0.15, -0.1) is 0 Å². The van der Waals surface area contributed by atoms with Crippen LogP contribution in [0.1, 0.15) is 52.9 Å². The highest BCUT2D eigenvalue weighted by Gasteiger charge is 2.17. The van der Waals surface area contributed by atoms with Crippen LogP contribution in [0.4, 0.5) is 0 Å². The van der Waals surface area contributed by atoms with Crippen molar-refractivity contribution in [3.63, 3.8) is 0 Å². The first-order chi connectivity index (χ1) is 8.07. The summed E-state index contributed by atoms with van der Waals surface area (Å²) in [5.74, 6) is -0.843. The van der Waals surface area contributed by atoms with Crippen molar-refractivity contribution in [2.75, 3.05) is 13.2 Å². The molecule has 0 heterocycles. The van der Waals surface area contributed by atoms with Gasteiger partial charge in [0.05, 0.1) is 6.61 Å². The van der Waals surface area contributed by atoms with Crippen molar-refractivity contribution in [2.24, 2.45) is 0 Å². The van der Waals surface area contributed by atoms with E-state index in [2.05, 4.69) is 12.2 Å². The van der Waals surface area contributed by atoms with Crippen molar-refractivity contribution in [1.82, 2.24) is 5.32 Å². The van der Waals surface area contributed by atoms with E-state index in [1.165, 1.54) is 25.7 Å². The number of carboxylic acid groups (broad SMARTS) is 1. The van der Waals surface area contributed by atoms with Gasteiger partial charge in [-0.05, 0) is 6.42 Å². The van der Waals surface area contributed by atoms with Gasteiger partial charge >= 0.3 is 5.97 Å². The molecule has 0 aromatic carbocycles. The summed E-state index contributed by atoms with van der Waals surface area (Å²) in [4.78, 5) is 10.9. The summed E-state index contributed by atoms with van der Waals surface area (Å²) in [5, 5.41) is 11.9. The zero-order valence-electron chi connectivity index (χ0n) is 11.4. The van der Waals surface area contributed by atoms with Crippen LogP contribution in [0.25, 0.3) is 0 Å². The fourth-order valence-electron chi connectivity index (χ4n) is 1.60. The third kappa shape index (κ3) is 10.3. The highest BCUT2D eigenvalue weighted by atomic mass is 16.5. The third-order valence-electron chi connectivity index (χ3n) is 2.51. The molecule has 1 atom stereocenters. The zero-order chi connectivity index (χ0) is 13.1. The van der Waals surface area contributed by atoms with Crippen LogP contribution >= 0.6 is 0 Å². The number of nitrogens with one attached hydrogen (secondary N) is 1. The Labute approximate surface area is 105 Å². The van der Waals surface area contributed by atoms with Gasteiger partial charge < -0.3 is 15.2 Å². The first-order valence-electron chi connectivity index (χ1n) is 6.64. The topological polar surface area (TPSA) is 58.6 Å². The first kappa shape index (κ1) is 16.4. The van der Waals surface area contributed by atoms with Crippen molar-refractivity contribution in [2.45, 2.75) is 65.0 Å². The Kier molecular flexibility index (Phi) is 10.2. The molecule has 17 heavy (non-hydrogen) atoms. The van der Waals surface area contributed by atoms with Gasteiger partial charge in [0.1, 0.15) is 6.04 Å². The SMILES string of the molecule is CCCCCCCOCC(NC(C)C)C(=O)O. The molecule has 0 radical (unpaired) electrons. The van der Waals surface area contributed by atoms with Crippen LogP contribution in [0.15, 0.2) is 0 Å². The molecule has 0 aromatic heterocycles. The number of rotatable bonds is 11. The predicted molar refractivity (Wildman–Crippen MR) is 69.3 cm³/mol. The summed E-state index contributed by atoms with van der Waals surface area (Å²) in [7, 11) is 0. The monoisotopic (exact) mass is 245 g/mol. The minimum Gasteiger partial charge on any atom is -0.480 e. The Hall–Kier alpha value is -0.610. The number of carbonyl (C=O) groups is 1. The van der Waals surface area contributed by atoms with Crippen molar-refractivity contribution < 1.29 is 14.6 Å². The fourth-order valence-corrected chi connectivity index (χ4v) is 1.60. The highest BCUT2D eigenvalue weighted by Crippen LogP contribution is 2.02. The van der Waals surface area contributed by atoms with E-state index in [1.54, 1.807) is 0 Å². The van der Waals surface area contributed by atoms with Gasteiger partial charge in [0.2, 0.25) is 0 Å². The molecule has 0 saturated carbocycles. The molecule has 1 unspecified atom stereocenters. The van der Waals surface area contributed by atoms with Gasteiger partial charge in [0.15, 0.2) is 0 Å². The molecule has 102 valence electrons. The van der Waals surface area contributed by atoms with Gasteiger partial charge in [-0.2, -0.15) is 0 Å². The second-order valence-corrected chi connectivity index (χ2v) is 4.70. The summed E-state index contributed by atoms with van der Waals surface area (Å²) in [5.41, 5.74) is 0. The summed E-state index contributed by atoms with van der Waals surface area (Å²) in [6, 6.07) is -0.435. The maximum absolute atomic E-state index is 10.9. The highest BCUT2D eigenvalue weighted by molar-refractivity contribution is 5.73. The van der Waals surface area contributed by atoms with Crippen molar-refractivity contribution >= 4 is 5.97 Å². The number of aliphatic carboxylic acids is 1. The number of ether oxygens (including phenoxy) is 1. The Balaban J connectivity index is 3.51. The standard InChI is InChI=1S/C13H27NO3/c1-4-5-6-7-8-9-17-10-12(13(15)16)14-11(2)3/h11-12,14H,4-10H2,1-3H3,(H,15,16). The Morgan fingerprint density at radius 2 is 1.88 bits per heavy atom. The van der Waals surface area contributed by atoms with Gasteiger partial charge in [-0.1, -0.05) is 46.5 Å². The number of unbranched alkanes of at least 4 members (excludes halogenated alkanes) is 4. The molecule has 2 N–H and O–H groups in total. The lowest BCUT2D eigenvalue weighted by Gasteiger charge is -2.17. The second kappa shape index (κ2) is 10.5. The van der Waals surface area contributed by atoms with Crippen LogP contribution in [0.2, 0.25) is 0 Å². The van der Waals surface area contributed by atoms with Gasteiger partial charge in [0.25, 0.3) is 0 Å². The summed E-state index contributed by atoms with van der Waals surface area (Å²) >= 11 is 0. The summed E-state index contributed by atoms with van der Waals surface area (Å²) in [6.07, 6.45) is 5.94. The van der Waals surface area contributed by atoms with Crippen LogP contribution in [0.5, 0.6) is 0 Å². The quantitative estimate of drug-likeness (QED) is 0.549. The molecular weight excluding hydrogens is 218 g/mol. The van der Waals surface area contributed by atoms with Crippen LogP contribution < -0.4 is 5.32 Å². The van der Waals surface area contributed by atoms with E-state index in [0.29, 0.717) is 6.61 Å². The maximum atomic E-state index is 10.9. The molecule has 0 aromatic rings. The normalized spacial score (nSPS) is 12.9. The number of hydrogen-bond acceptors (Lipinski definition) is 3. The minimum atomic E-state index is -0.843. The Morgan fingerprint density at radius 1 is 1.24 bits per heavy atom. The maximum Gasteiger partial charge on any atom is 0.323 e. The molecular formula is C13H27NO3. The number of carboxylic acids is 1. The summed E-state index contributed by atoms with van der Waals surface area (Å²) in [6.45, 7) is 6.96. The van der Waals surface area contributed by atoms with E-state index in [0.717, 1.165) is 6.42 Å². The fraction of sp³-hybridized carbons (Fsp3) is 0.923. The lowest BCUT2D eigenvalue weighted by molar-refractivity contribution is -0.141. The zero-order valence-corrected chi connectivity index (χ0v) is 11.4. The molecule has 0 aliphatic carbocycles.